The first-order chi connectivity index (χ1) is 7.34. The Morgan fingerprint density at radius 1 is 1.31 bits per heavy atom. The zero-order valence-corrected chi connectivity index (χ0v) is 11.3. The van der Waals surface area contributed by atoms with Crippen molar-refractivity contribution in [3.05, 3.63) is 0 Å². The molecule has 4 nitrogen and oxygen atoms in total. The normalized spacial score (nSPS) is 13.6. The van der Waals surface area contributed by atoms with Gasteiger partial charge in [0.15, 0.2) is 0 Å². The van der Waals surface area contributed by atoms with Gasteiger partial charge in [-0.05, 0) is 26.8 Å². The summed E-state index contributed by atoms with van der Waals surface area (Å²) < 4.78 is 0. The Bertz CT molecular complexity index is 204. The molecule has 1 unspecified atom stereocenters. The maximum atomic E-state index is 11.5. The van der Waals surface area contributed by atoms with Crippen LogP contribution in [0, 0.1) is 5.92 Å². The number of carbonyl (C=O) groups is 1. The van der Waals surface area contributed by atoms with Crippen LogP contribution in [0.4, 0.5) is 0 Å². The van der Waals surface area contributed by atoms with E-state index in [0.717, 1.165) is 6.54 Å². The third-order valence-corrected chi connectivity index (χ3v) is 2.95. The van der Waals surface area contributed by atoms with E-state index in [1.54, 1.807) is 0 Å². The minimum Gasteiger partial charge on any atom is -0.355 e. The van der Waals surface area contributed by atoms with Gasteiger partial charge in [0.2, 0.25) is 5.91 Å². The van der Waals surface area contributed by atoms with Crippen LogP contribution in [0.25, 0.3) is 0 Å². The summed E-state index contributed by atoms with van der Waals surface area (Å²) in [5, 5.41) is 2.89. The molecule has 0 radical (unpaired) electrons. The molecule has 0 saturated heterocycles. The second kappa shape index (κ2) is 7.63. The lowest BCUT2D eigenvalue weighted by atomic mass is 10.0. The van der Waals surface area contributed by atoms with Crippen LogP contribution in [0.5, 0.6) is 0 Å². The summed E-state index contributed by atoms with van der Waals surface area (Å²) in [6.07, 6.45) is 0.420. The van der Waals surface area contributed by atoms with E-state index in [4.69, 9.17) is 5.73 Å². The molecule has 0 saturated carbocycles. The summed E-state index contributed by atoms with van der Waals surface area (Å²) in [5.41, 5.74) is 5.83. The maximum absolute atomic E-state index is 11.5. The third-order valence-electron chi connectivity index (χ3n) is 2.95. The van der Waals surface area contributed by atoms with Crippen LogP contribution in [0.2, 0.25) is 0 Å². The third kappa shape index (κ3) is 6.80. The molecule has 0 aromatic heterocycles. The van der Waals surface area contributed by atoms with Crippen molar-refractivity contribution in [3.63, 3.8) is 0 Å². The molecule has 0 aliphatic rings. The molecule has 0 aromatic rings. The molecule has 0 fully saturated rings. The highest BCUT2D eigenvalue weighted by Crippen LogP contribution is 2.02. The molecule has 0 aliphatic carbocycles. The molecule has 0 aromatic carbocycles. The van der Waals surface area contributed by atoms with Crippen molar-refractivity contribution >= 4 is 5.91 Å². The number of rotatable bonds is 7. The predicted molar refractivity (Wildman–Crippen MR) is 68.2 cm³/mol. The van der Waals surface area contributed by atoms with Gasteiger partial charge >= 0.3 is 0 Å². The van der Waals surface area contributed by atoms with Gasteiger partial charge in [0.1, 0.15) is 0 Å². The maximum Gasteiger partial charge on any atom is 0.221 e. The zero-order valence-electron chi connectivity index (χ0n) is 11.3. The zero-order chi connectivity index (χ0) is 12.7. The number of carbonyl (C=O) groups excluding carboxylic acids is 1. The van der Waals surface area contributed by atoms with E-state index >= 15 is 0 Å². The smallest absolute Gasteiger partial charge is 0.221 e. The second-order valence-corrected chi connectivity index (χ2v) is 5.04. The molecule has 0 heterocycles. The van der Waals surface area contributed by atoms with Crippen LogP contribution < -0.4 is 11.1 Å². The lowest BCUT2D eigenvalue weighted by molar-refractivity contribution is -0.121. The number of nitrogens with zero attached hydrogens (tertiary/aromatic N) is 1. The number of nitrogens with two attached hydrogens (primary N) is 1. The van der Waals surface area contributed by atoms with Gasteiger partial charge in [-0.25, -0.2) is 0 Å². The van der Waals surface area contributed by atoms with Crippen molar-refractivity contribution in [2.75, 3.05) is 20.1 Å². The number of nitrogens with one attached hydrogen (secondary N) is 1. The molecule has 0 aliphatic heterocycles. The highest BCUT2D eigenvalue weighted by molar-refractivity contribution is 5.76. The van der Waals surface area contributed by atoms with E-state index in [1.807, 2.05) is 13.8 Å². The van der Waals surface area contributed by atoms with Crippen LogP contribution in [0.1, 0.15) is 34.1 Å². The summed E-state index contributed by atoms with van der Waals surface area (Å²) in [6.45, 7) is 9.90. The minimum atomic E-state index is -0.0390. The molecule has 0 spiro atoms. The van der Waals surface area contributed by atoms with Crippen molar-refractivity contribution in [3.8, 4) is 0 Å². The fraction of sp³-hybridized carbons (Fsp3) is 0.917. The van der Waals surface area contributed by atoms with Gasteiger partial charge in [0.25, 0.3) is 0 Å². The van der Waals surface area contributed by atoms with Crippen molar-refractivity contribution in [2.24, 2.45) is 11.7 Å². The highest BCUT2D eigenvalue weighted by atomic mass is 16.1. The Morgan fingerprint density at radius 2 is 1.88 bits per heavy atom. The van der Waals surface area contributed by atoms with Gasteiger partial charge in [-0.1, -0.05) is 13.8 Å². The average Bonchev–Trinajstić information content (AvgIpc) is 2.16. The van der Waals surface area contributed by atoms with E-state index in [1.165, 1.54) is 0 Å². The van der Waals surface area contributed by atoms with E-state index in [2.05, 4.69) is 31.1 Å². The fourth-order valence-corrected chi connectivity index (χ4v) is 1.15. The summed E-state index contributed by atoms with van der Waals surface area (Å²) in [5.74, 6) is 0.405. The molecule has 0 bridgehead atoms. The first-order valence-corrected chi connectivity index (χ1v) is 6.07. The SMILES string of the molecule is CC(C)C(N)CC(=O)NCCN(C)C(C)C. The predicted octanol–water partition coefficient (Wildman–Crippen LogP) is 0.816. The topological polar surface area (TPSA) is 58.4 Å². The Kier molecular flexibility index (Phi) is 7.34. The highest BCUT2D eigenvalue weighted by Gasteiger charge is 2.12. The molecule has 4 heteroatoms. The van der Waals surface area contributed by atoms with Crippen LogP contribution in [-0.2, 0) is 4.79 Å². The van der Waals surface area contributed by atoms with Crippen LogP contribution in [0.15, 0.2) is 0 Å². The van der Waals surface area contributed by atoms with Gasteiger partial charge in [0.05, 0.1) is 0 Å². The largest absolute Gasteiger partial charge is 0.355 e. The van der Waals surface area contributed by atoms with Crippen molar-refractivity contribution in [2.45, 2.75) is 46.2 Å². The number of hydrogen-bond donors (Lipinski definition) is 2. The summed E-state index contributed by atoms with van der Waals surface area (Å²) in [6, 6.07) is 0.470. The molecule has 16 heavy (non-hydrogen) atoms. The van der Waals surface area contributed by atoms with Crippen LogP contribution in [-0.4, -0.2) is 43.0 Å². The molecular weight excluding hydrogens is 202 g/mol. The van der Waals surface area contributed by atoms with Gasteiger partial charge in [-0.15, -0.1) is 0 Å². The average molecular weight is 229 g/mol. The quantitative estimate of drug-likeness (QED) is 0.679. The second-order valence-electron chi connectivity index (χ2n) is 5.04. The van der Waals surface area contributed by atoms with E-state index in [-0.39, 0.29) is 11.9 Å². The Balaban J connectivity index is 3.66. The summed E-state index contributed by atoms with van der Waals surface area (Å²) in [4.78, 5) is 13.7. The van der Waals surface area contributed by atoms with Crippen LogP contribution in [0.3, 0.4) is 0 Å². The minimum absolute atomic E-state index is 0.0390. The van der Waals surface area contributed by atoms with Crippen molar-refractivity contribution in [1.82, 2.24) is 10.2 Å². The molecule has 0 rings (SSSR count). The Labute approximate surface area is 99.6 Å². The molecule has 96 valence electrons. The van der Waals surface area contributed by atoms with Gasteiger partial charge < -0.3 is 16.0 Å². The van der Waals surface area contributed by atoms with Gasteiger partial charge in [-0.2, -0.15) is 0 Å². The van der Waals surface area contributed by atoms with E-state index in [0.29, 0.717) is 24.9 Å². The fourth-order valence-electron chi connectivity index (χ4n) is 1.15. The number of likely N-dealkylation sites (N-methyl/N-ethyl adjacent to an activating group) is 1. The van der Waals surface area contributed by atoms with Crippen molar-refractivity contribution < 1.29 is 4.79 Å². The molecule has 1 atom stereocenters. The lowest BCUT2D eigenvalue weighted by Gasteiger charge is -2.21. The molecule has 3 N–H and O–H groups in total. The van der Waals surface area contributed by atoms with E-state index < -0.39 is 0 Å². The summed E-state index contributed by atoms with van der Waals surface area (Å²) >= 11 is 0. The van der Waals surface area contributed by atoms with E-state index in [9.17, 15) is 4.79 Å². The van der Waals surface area contributed by atoms with Gasteiger partial charge in [-0.3, -0.25) is 4.79 Å². The summed E-state index contributed by atoms with van der Waals surface area (Å²) in [7, 11) is 2.05. The first-order valence-electron chi connectivity index (χ1n) is 6.07. The standard InChI is InChI=1S/C12H27N3O/c1-9(2)11(13)8-12(16)14-6-7-15(5)10(3)4/h9-11H,6-8,13H2,1-5H3,(H,14,16). The number of hydrogen-bond acceptors (Lipinski definition) is 3. The first kappa shape index (κ1) is 15.4. The monoisotopic (exact) mass is 229 g/mol. The molecular formula is C12H27N3O. The van der Waals surface area contributed by atoms with Crippen LogP contribution >= 0.6 is 0 Å². The Morgan fingerprint density at radius 3 is 2.31 bits per heavy atom. The lowest BCUT2D eigenvalue weighted by Crippen LogP contribution is -2.39. The Hall–Kier alpha value is -0.610. The number of amides is 1. The van der Waals surface area contributed by atoms with Gasteiger partial charge in [0, 0.05) is 31.6 Å². The van der Waals surface area contributed by atoms with Crippen molar-refractivity contribution in [1.29, 1.82) is 0 Å². The molecule has 1 amide bonds.